The molecule has 0 amide bonds. The van der Waals surface area contributed by atoms with Crippen LogP contribution in [0.2, 0.25) is 0 Å². The van der Waals surface area contributed by atoms with E-state index in [-0.39, 0.29) is 5.82 Å². The molecule has 2 rings (SSSR count). The van der Waals surface area contributed by atoms with E-state index in [9.17, 15) is 9.50 Å². The molecule has 0 heterocycles. The van der Waals surface area contributed by atoms with E-state index in [1.165, 1.54) is 6.07 Å². The van der Waals surface area contributed by atoms with E-state index in [0.717, 1.165) is 4.90 Å². The van der Waals surface area contributed by atoms with Crippen molar-refractivity contribution in [3.63, 3.8) is 0 Å². The van der Waals surface area contributed by atoms with Gasteiger partial charge in [-0.3, -0.25) is 0 Å². The first-order valence-corrected chi connectivity index (χ1v) is 6.77. The van der Waals surface area contributed by atoms with Crippen LogP contribution in [0.4, 0.5) is 4.39 Å². The van der Waals surface area contributed by atoms with Gasteiger partial charge in [-0.2, -0.15) is 0 Å². The molecule has 2 aromatic rings. The quantitative estimate of drug-likeness (QED) is 0.842. The van der Waals surface area contributed by atoms with Gasteiger partial charge in [-0.05, 0) is 36.2 Å². The maximum absolute atomic E-state index is 13.4. The van der Waals surface area contributed by atoms with Crippen LogP contribution in [0.25, 0.3) is 0 Å². The highest BCUT2D eigenvalue weighted by Gasteiger charge is 2.10. The van der Waals surface area contributed by atoms with Crippen molar-refractivity contribution in [2.75, 3.05) is 5.75 Å². The highest BCUT2D eigenvalue weighted by Crippen LogP contribution is 2.25. The minimum Gasteiger partial charge on any atom is -0.388 e. The fourth-order valence-electron chi connectivity index (χ4n) is 1.60. The van der Waals surface area contributed by atoms with E-state index < -0.39 is 6.10 Å². The molecule has 0 aliphatic rings. The molecule has 0 saturated heterocycles. The Morgan fingerprint density at radius 3 is 2.56 bits per heavy atom. The van der Waals surface area contributed by atoms with Gasteiger partial charge in [0.15, 0.2) is 0 Å². The molecule has 1 atom stereocenters. The predicted molar refractivity (Wildman–Crippen MR) is 73.3 cm³/mol. The van der Waals surface area contributed by atoms with Crippen molar-refractivity contribution in [2.24, 2.45) is 0 Å². The zero-order valence-electron chi connectivity index (χ0n) is 10.1. The highest BCUT2D eigenvalue weighted by molar-refractivity contribution is 7.99. The molecule has 0 aliphatic carbocycles. The number of thioether (sulfide) groups is 1. The molecule has 0 aromatic heterocycles. The summed E-state index contributed by atoms with van der Waals surface area (Å²) >= 11 is 1.56. The third-order valence-electron chi connectivity index (χ3n) is 2.73. The predicted octanol–water partition coefficient (Wildman–Crippen LogP) is 3.96. The van der Waals surface area contributed by atoms with Gasteiger partial charge in [-0.25, -0.2) is 4.39 Å². The minimum absolute atomic E-state index is 0.267. The Hall–Kier alpha value is -1.32. The van der Waals surface area contributed by atoms with Crippen LogP contribution < -0.4 is 0 Å². The van der Waals surface area contributed by atoms with Gasteiger partial charge < -0.3 is 5.11 Å². The summed E-state index contributed by atoms with van der Waals surface area (Å²) in [4.78, 5) is 1.10. The van der Waals surface area contributed by atoms with Crippen LogP contribution in [0, 0.1) is 12.7 Å². The van der Waals surface area contributed by atoms with E-state index in [2.05, 4.69) is 0 Å². The molecule has 1 unspecified atom stereocenters. The molecule has 94 valence electrons. The van der Waals surface area contributed by atoms with Gasteiger partial charge in [-0.1, -0.05) is 30.3 Å². The number of benzene rings is 2. The number of hydrogen-bond acceptors (Lipinski definition) is 2. The lowest BCUT2D eigenvalue weighted by Crippen LogP contribution is -2.01. The molecule has 0 fully saturated rings. The van der Waals surface area contributed by atoms with Gasteiger partial charge in [-0.15, -0.1) is 11.8 Å². The van der Waals surface area contributed by atoms with Crippen LogP contribution in [-0.4, -0.2) is 10.9 Å². The molecular weight excluding hydrogens is 247 g/mol. The summed E-state index contributed by atoms with van der Waals surface area (Å²) in [6, 6.07) is 14.7. The zero-order chi connectivity index (χ0) is 13.0. The number of aliphatic hydroxyl groups excluding tert-OH is 1. The second-order valence-electron chi connectivity index (χ2n) is 4.15. The first-order valence-electron chi connectivity index (χ1n) is 5.79. The van der Waals surface area contributed by atoms with Gasteiger partial charge in [0.1, 0.15) is 5.82 Å². The monoisotopic (exact) mass is 262 g/mol. The molecule has 1 nitrogen and oxygen atoms in total. The molecule has 3 heteroatoms. The zero-order valence-corrected chi connectivity index (χ0v) is 11.0. The number of rotatable bonds is 4. The van der Waals surface area contributed by atoms with Gasteiger partial charge >= 0.3 is 0 Å². The van der Waals surface area contributed by atoms with E-state index in [4.69, 9.17) is 0 Å². The molecular formula is C15H15FOS. The van der Waals surface area contributed by atoms with Crippen LogP contribution >= 0.6 is 11.8 Å². The second-order valence-corrected chi connectivity index (χ2v) is 5.24. The van der Waals surface area contributed by atoms with Gasteiger partial charge in [0.05, 0.1) is 6.10 Å². The summed E-state index contributed by atoms with van der Waals surface area (Å²) in [5.41, 5.74) is 1.23. The third-order valence-corrected chi connectivity index (χ3v) is 3.82. The fourth-order valence-corrected chi connectivity index (χ4v) is 2.50. The SMILES string of the molecule is Cc1ccc(C(O)CSc2ccccc2)cc1F. The summed E-state index contributed by atoms with van der Waals surface area (Å²) in [5.74, 6) is 0.253. The number of halogens is 1. The summed E-state index contributed by atoms with van der Waals surface area (Å²) in [7, 11) is 0. The maximum Gasteiger partial charge on any atom is 0.126 e. The Morgan fingerprint density at radius 1 is 1.17 bits per heavy atom. The van der Waals surface area contributed by atoms with Crippen LogP contribution in [0.15, 0.2) is 53.4 Å². The molecule has 0 saturated carbocycles. The molecule has 0 radical (unpaired) electrons. The smallest absolute Gasteiger partial charge is 0.126 e. The van der Waals surface area contributed by atoms with Crippen molar-refractivity contribution < 1.29 is 9.50 Å². The van der Waals surface area contributed by atoms with E-state index in [1.807, 2.05) is 30.3 Å². The second kappa shape index (κ2) is 6.03. The Morgan fingerprint density at radius 2 is 1.89 bits per heavy atom. The van der Waals surface area contributed by atoms with Crippen molar-refractivity contribution in [1.29, 1.82) is 0 Å². The molecule has 0 bridgehead atoms. The van der Waals surface area contributed by atoms with E-state index >= 15 is 0 Å². The van der Waals surface area contributed by atoms with E-state index in [0.29, 0.717) is 16.9 Å². The van der Waals surface area contributed by atoms with Crippen LogP contribution in [-0.2, 0) is 0 Å². The molecule has 1 N–H and O–H groups in total. The van der Waals surface area contributed by atoms with Crippen molar-refractivity contribution in [3.05, 3.63) is 65.5 Å². The number of aliphatic hydroxyl groups is 1. The molecule has 0 spiro atoms. The minimum atomic E-state index is -0.648. The Labute approximate surface area is 111 Å². The lowest BCUT2D eigenvalue weighted by Gasteiger charge is -2.11. The number of hydrogen-bond donors (Lipinski definition) is 1. The first-order chi connectivity index (χ1) is 8.66. The summed E-state index contributed by atoms with van der Waals surface area (Å²) in [6.07, 6.45) is -0.648. The molecule has 18 heavy (non-hydrogen) atoms. The summed E-state index contributed by atoms with van der Waals surface area (Å²) in [6.45, 7) is 1.71. The van der Waals surface area contributed by atoms with Crippen molar-refractivity contribution in [3.8, 4) is 0 Å². The average Bonchev–Trinajstić information content (AvgIpc) is 2.40. The Balaban J connectivity index is 1.99. The Kier molecular flexibility index (Phi) is 4.39. The lowest BCUT2D eigenvalue weighted by molar-refractivity contribution is 0.203. The van der Waals surface area contributed by atoms with Crippen LogP contribution in [0.1, 0.15) is 17.2 Å². The van der Waals surface area contributed by atoms with Gasteiger partial charge in [0, 0.05) is 10.6 Å². The third kappa shape index (κ3) is 3.34. The summed E-state index contributed by atoms with van der Waals surface area (Å²) < 4.78 is 13.4. The van der Waals surface area contributed by atoms with Crippen LogP contribution in [0.3, 0.4) is 0 Å². The van der Waals surface area contributed by atoms with Gasteiger partial charge in [0.25, 0.3) is 0 Å². The van der Waals surface area contributed by atoms with Crippen LogP contribution in [0.5, 0.6) is 0 Å². The van der Waals surface area contributed by atoms with E-state index in [1.54, 1.807) is 30.8 Å². The standard InChI is InChI=1S/C15H15FOS/c1-11-7-8-12(9-14(11)16)15(17)10-18-13-5-3-2-4-6-13/h2-9,15,17H,10H2,1H3. The van der Waals surface area contributed by atoms with Gasteiger partial charge in [0.2, 0.25) is 0 Å². The first kappa shape index (κ1) is 13.1. The Bertz CT molecular complexity index is 513. The largest absolute Gasteiger partial charge is 0.388 e. The van der Waals surface area contributed by atoms with Crippen molar-refractivity contribution in [1.82, 2.24) is 0 Å². The lowest BCUT2D eigenvalue weighted by atomic mass is 10.1. The van der Waals surface area contributed by atoms with Crippen molar-refractivity contribution in [2.45, 2.75) is 17.9 Å². The average molecular weight is 262 g/mol. The van der Waals surface area contributed by atoms with Crippen molar-refractivity contribution >= 4 is 11.8 Å². The summed E-state index contributed by atoms with van der Waals surface area (Å²) in [5, 5.41) is 10.0. The maximum atomic E-state index is 13.4. The molecule has 0 aliphatic heterocycles. The normalized spacial score (nSPS) is 12.4. The fraction of sp³-hybridized carbons (Fsp3) is 0.200. The highest BCUT2D eigenvalue weighted by atomic mass is 32.2. The number of aryl methyl sites for hydroxylation is 1. The molecule has 2 aromatic carbocycles. The topological polar surface area (TPSA) is 20.2 Å².